The monoisotopic (exact) mass is 488 g/mol. The third-order valence-electron chi connectivity index (χ3n) is 5.27. The van der Waals surface area contributed by atoms with Crippen molar-refractivity contribution in [1.82, 2.24) is 20.2 Å². The van der Waals surface area contributed by atoms with E-state index in [0.29, 0.717) is 35.1 Å². The number of benzene rings is 2. The first-order valence-corrected chi connectivity index (χ1v) is 11.6. The van der Waals surface area contributed by atoms with Crippen LogP contribution in [0.15, 0.2) is 89.5 Å². The molecule has 0 aliphatic heterocycles. The van der Waals surface area contributed by atoms with Crippen LogP contribution in [0.5, 0.6) is 0 Å². The van der Waals surface area contributed by atoms with E-state index in [1.807, 2.05) is 42.0 Å². The summed E-state index contributed by atoms with van der Waals surface area (Å²) in [7, 11) is 0. The zero-order chi connectivity index (χ0) is 24.6. The number of aryl methyl sites for hydroxylation is 2. The van der Waals surface area contributed by atoms with Gasteiger partial charge in [0.15, 0.2) is 0 Å². The van der Waals surface area contributed by atoms with E-state index in [-0.39, 0.29) is 11.6 Å². The lowest BCUT2D eigenvalue weighted by Gasteiger charge is -2.11. The fourth-order valence-corrected chi connectivity index (χ4v) is 3.60. The number of amides is 2. The molecule has 0 saturated heterocycles. The number of hydrogen-bond acceptors (Lipinski definition) is 4. The van der Waals surface area contributed by atoms with Gasteiger partial charge in [0.1, 0.15) is 17.2 Å². The van der Waals surface area contributed by atoms with Gasteiger partial charge < -0.3 is 19.6 Å². The Hall–Kier alpha value is -4.10. The Bertz CT molecular complexity index is 1320. The molecular formula is C27H25ClN4O3. The standard InChI is InChI=1S/C27H25ClN4O3/c1-19-6-8-20(9-7-19)26(33)31-24(27(34)30-12-3-14-32-15-13-29-18-32)17-23-10-11-25(35-23)21-4-2-5-22(28)16-21/h2,4-11,13,15-18H,3,12,14H2,1H3,(H,30,34)(H,31,33)/b24-17+. The predicted octanol–water partition coefficient (Wildman–Crippen LogP) is 5.08. The highest BCUT2D eigenvalue weighted by Crippen LogP contribution is 2.25. The molecule has 0 fully saturated rings. The van der Waals surface area contributed by atoms with Crippen LogP contribution in [0.25, 0.3) is 17.4 Å². The third kappa shape index (κ3) is 6.71. The molecule has 2 heterocycles. The van der Waals surface area contributed by atoms with E-state index in [9.17, 15) is 9.59 Å². The van der Waals surface area contributed by atoms with Crippen molar-refractivity contribution in [3.8, 4) is 11.3 Å². The molecule has 0 saturated carbocycles. The molecule has 2 aromatic heterocycles. The molecule has 4 aromatic rings. The highest BCUT2D eigenvalue weighted by Gasteiger charge is 2.16. The molecule has 2 aromatic carbocycles. The van der Waals surface area contributed by atoms with E-state index in [0.717, 1.165) is 17.7 Å². The summed E-state index contributed by atoms with van der Waals surface area (Å²) in [6, 6.07) is 17.9. The van der Waals surface area contributed by atoms with E-state index in [4.69, 9.17) is 16.0 Å². The smallest absolute Gasteiger partial charge is 0.267 e. The summed E-state index contributed by atoms with van der Waals surface area (Å²) < 4.78 is 7.84. The van der Waals surface area contributed by atoms with Crippen molar-refractivity contribution >= 4 is 29.5 Å². The number of imidazole rings is 1. The highest BCUT2D eigenvalue weighted by atomic mass is 35.5. The molecule has 178 valence electrons. The summed E-state index contributed by atoms with van der Waals surface area (Å²) in [6.07, 6.45) is 7.53. The quantitative estimate of drug-likeness (QED) is 0.254. The van der Waals surface area contributed by atoms with Crippen LogP contribution in [0.3, 0.4) is 0 Å². The molecule has 0 spiro atoms. The number of nitrogens with one attached hydrogen (secondary N) is 2. The van der Waals surface area contributed by atoms with Gasteiger partial charge in [0.05, 0.1) is 6.33 Å². The van der Waals surface area contributed by atoms with E-state index < -0.39 is 5.91 Å². The van der Waals surface area contributed by atoms with Crippen molar-refractivity contribution in [3.63, 3.8) is 0 Å². The number of rotatable bonds is 9. The Kier molecular flexibility index (Phi) is 7.80. The number of hydrogen-bond donors (Lipinski definition) is 2. The first-order chi connectivity index (χ1) is 17.0. The topological polar surface area (TPSA) is 89.2 Å². The van der Waals surface area contributed by atoms with Gasteiger partial charge in [-0.25, -0.2) is 4.98 Å². The zero-order valence-corrected chi connectivity index (χ0v) is 20.0. The molecule has 4 rings (SSSR count). The first-order valence-electron chi connectivity index (χ1n) is 11.2. The van der Waals surface area contributed by atoms with Gasteiger partial charge in [0.25, 0.3) is 11.8 Å². The average Bonchev–Trinajstić information content (AvgIpc) is 3.54. The molecule has 8 heteroatoms. The van der Waals surface area contributed by atoms with Gasteiger partial charge in [-0.15, -0.1) is 0 Å². The van der Waals surface area contributed by atoms with Crippen LogP contribution in [0.4, 0.5) is 0 Å². The van der Waals surface area contributed by atoms with Crippen LogP contribution in [0.1, 0.15) is 28.1 Å². The Morgan fingerprint density at radius 1 is 1.11 bits per heavy atom. The summed E-state index contributed by atoms with van der Waals surface area (Å²) in [5.41, 5.74) is 2.39. The second kappa shape index (κ2) is 11.4. The van der Waals surface area contributed by atoms with Crippen LogP contribution in [-0.2, 0) is 11.3 Å². The van der Waals surface area contributed by atoms with Gasteiger partial charge >= 0.3 is 0 Å². The van der Waals surface area contributed by atoms with Crippen molar-refractivity contribution in [2.45, 2.75) is 19.9 Å². The molecule has 0 bridgehead atoms. The second-order valence-electron chi connectivity index (χ2n) is 8.00. The fourth-order valence-electron chi connectivity index (χ4n) is 3.41. The minimum Gasteiger partial charge on any atom is -0.457 e. The van der Waals surface area contributed by atoms with Crippen LogP contribution < -0.4 is 10.6 Å². The maximum absolute atomic E-state index is 13.0. The second-order valence-corrected chi connectivity index (χ2v) is 8.44. The predicted molar refractivity (Wildman–Crippen MR) is 136 cm³/mol. The number of halogens is 1. The molecule has 0 atom stereocenters. The molecule has 2 N–H and O–H groups in total. The van der Waals surface area contributed by atoms with E-state index in [2.05, 4.69) is 15.6 Å². The molecule has 0 radical (unpaired) electrons. The molecule has 0 aliphatic carbocycles. The molecule has 0 aliphatic rings. The molecule has 35 heavy (non-hydrogen) atoms. The van der Waals surface area contributed by atoms with Crippen LogP contribution in [0, 0.1) is 6.92 Å². The van der Waals surface area contributed by atoms with Gasteiger partial charge in [0.2, 0.25) is 0 Å². The fraction of sp³-hybridized carbons (Fsp3) is 0.148. The van der Waals surface area contributed by atoms with Gasteiger partial charge in [-0.2, -0.15) is 0 Å². The lowest BCUT2D eigenvalue weighted by Crippen LogP contribution is -2.35. The molecule has 7 nitrogen and oxygen atoms in total. The van der Waals surface area contributed by atoms with Gasteiger partial charge in [-0.3, -0.25) is 9.59 Å². The van der Waals surface area contributed by atoms with E-state index in [1.165, 1.54) is 6.08 Å². The van der Waals surface area contributed by atoms with Crippen molar-refractivity contribution in [2.24, 2.45) is 0 Å². The van der Waals surface area contributed by atoms with Gasteiger partial charge in [-0.05, 0) is 49.7 Å². The first kappa shape index (κ1) is 24.0. The Labute approximate surface area is 208 Å². The summed E-state index contributed by atoms with van der Waals surface area (Å²) in [6.45, 7) is 3.09. The SMILES string of the molecule is Cc1ccc(C(=O)N/C(=C/c2ccc(-c3cccc(Cl)c3)o2)C(=O)NCCCn2ccnc2)cc1. The molecule has 2 amide bonds. The van der Waals surface area contributed by atoms with Gasteiger partial charge in [-0.1, -0.05) is 41.4 Å². The summed E-state index contributed by atoms with van der Waals surface area (Å²) in [5.74, 6) is 0.236. The summed E-state index contributed by atoms with van der Waals surface area (Å²) in [5, 5.41) is 6.18. The molecular weight excluding hydrogens is 464 g/mol. The van der Waals surface area contributed by atoms with Crippen molar-refractivity contribution in [3.05, 3.63) is 107 Å². The van der Waals surface area contributed by atoms with Crippen molar-refractivity contribution in [2.75, 3.05) is 6.54 Å². The lowest BCUT2D eigenvalue weighted by molar-refractivity contribution is -0.117. The van der Waals surface area contributed by atoms with E-state index in [1.54, 1.807) is 48.9 Å². The normalized spacial score (nSPS) is 11.3. The summed E-state index contributed by atoms with van der Waals surface area (Å²) in [4.78, 5) is 29.8. The van der Waals surface area contributed by atoms with Crippen molar-refractivity contribution in [1.29, 1.82) is 0 Å². The number of carbonyl (C=O) groups is 2. The lowest BCUT2D eigenvalue weighted by atomic mass is 10.1. The Balaban J connectivity index is 1.50. The number of furan rings is 1. The minimum absolute atomic E-state index is 0.0881. The van der Waals surface area contributed by atoms with E-state index >= 15 is 0 Å². The minimum atomic E-state index is -0.406. The average molecular weight is 489 g/mol. The summed E-state index contributed by atoms with van der Waals surface area (Å²) >= 11 is 6.09. The third-order valence-corrected chi connectivity index (χ3v) is 5.50. The number of carbonyl (C=O) groups excluding carboxylic acids is 2. The Morgan fingerprint density at radius 3 is 2.69 bits per heavy atom. The van der Waals surface area contributed by atoms with Crippen LogP contribution in [0.2, 0.25) is 5.02 Å². The van der Waals surface area contributed by atoms with Gasteiger partial charge in [0, 0.05) is 47.7 Å². The maximum Gasteiger partial charge on any atom is 0.267 e. The van der Waals surface area contributed by atoms with Crippen LogP contribution in [-0.4, -0.2) is 27.9 Å². The largest absolute Gasteiger partial charge is 0.457 e. The molecule has 0 unspecified atom stereocenters. The number of nitrogens with zero attached hydrogens (tertiary/aromatic N) is 2. The highest BCUT2D eigenvalue weighted by molar-refractivity contribution is 6.30. The number of aromatic nitrogens is 2. The Morgan fingerprint density at radius 2 is 1.94 bits per heavy atom. The maximum atomic E-state index is 13.0. The zero-order valence-electron chi connectivity index (χ0n) is 19.2. The van der Waals surface area contributed by atoms with Crippen LogP contribution >= 0.6 is 11.6 Å². The van der Waals surface area contributed by atoms with Crippen molar-refractivity contribution < 1.29 is 14.0 Å².